The van der Waals surface area contributed by atoms with E-state index in [2.05, 4.69) is 32.1 Å². The van der Waals surface area contributed by atoms with Crippen molar-refractivity contribution >= 4 is 5.69 Å². The third-order valence-corrected chi connectivity index (χ3v) is 6.00. The van der Waals surface area contributed by atoms with Gasteiger partial charge in [0.2, 0.25) is 11.8 Å². The summed E-state index contributed by atoms with van der Waals surface area (Å²) < 4.78 is 25.0. The number of ether oxygens (including phenoxy) is 1. The van der Waals surface area contributed by atoms with Crippen LogP contribution in [0.2, 0.25) is 0 Å². The fourth-order valence-electron chi connectivity index (χ4n) is 4.23. The first-order valence-corrected chi connectivity index (χ1v) is 11.0. The maximum Gasteiger partial charge on any atom is 0.247 e. The van der Waals surface area contributed by atoms with Gasteiger partial charge >= 0.3 is 0 Å². The summed E-state index contributed by atoms with van der Waals surface area (Å²) in [6.45, 7) is 3.31. The fraction of sp³-hybridized carbons (Fsp3) is 0.231. The summed E-state index contributed by atoms with van der Waals surface area (Å²) in [6.07, 6.45) is 0. The number of aromatic nitrogens is 2. The number of piperazine rings is 1. The second-order valence-corrected chi connectivity index (χ2v) is 7.99. The Kier molecular flexibility index (Phi) is 6.04. The molecule has 33 heavy (non-hydrogen) atoms. The van der Waals surface area contributed by atoms with Crippen LogP contribution < -0.4 is 9.64 Å². The summed E-state index contributed by atoms with van der Waals surface area (Å²) >= 11 is 0. The molecule has 7 heteroatoms. The fourth-order valence-corrected chi connectivity index (χ4v) is 4.23. The van der Waals surface area contributed by atoms with Gasteiger partial charge in [0.25, 0.3) is 0 Å². The molecule has 0 amide bonds. The lowest BCUT2D eigenvalue weighted by Gasteiger charge is -2.39. The van der Waals surface area contributed by atoms with Crippen molar-refractivity contribution in [3.8, 4) is 17.2 Å². The SMILES string of the molecule is COc1ccc(N2CCN([C@@H](c3ccc(F)cc3)c3nnc(-c4ccccc4)o3)CC2)cc1. The summed E-state index contributed by atoms with van der Waals surface area (Å²) in [5.74, 6) is 1.57. The lowest BCUT2D eigenvalue weighted by Crippen LogP contribution is -2.48. The number of benzene rings is 3. The number of hydrogen-bond acceptors (Lipinski definition) is 6. The number of halogens is 1. The Morgan fingerprint density at radius 3 is 2.21 bits per heavy atom. The van der Waals surface area contributed by atoms with Crippen LogP contribution >= 0.6 is 0 Å². The molecule has 0 bridgehead atoms. The van der Waals surface area contributed by atoms with Crippen LogP contribution in [-0.2, 0) is 0 Å². The summed E-state index contributed by atoms with van der Waals surface area (Å²) in [7, 11) is 1.67. The van der Waals surface area contributed by atoms with Crippen LogP contribution in [0.15, 0.2) is 83.3 Å². The van der Waals surface area contributed by atoms with Gasteiger partial charge in [0.15, 0.2) is 0 Å². The van der Waals surface area contributed by atoms with Gasteiger partial charge in [-0.15, -0.1) is 10.2 Å². The van der Waals surface area contributed by atoms with Gasteiger partial charge in [-0.25, -0.2) is 4.39 Å². The second-order valence-electron chi connectivity index (χ2n) is 7.99. The number of hydrogen-bond donors (Lipinski definition) is 0. The van der Waals surface area contributed by atoms with Gasteiger partial charge in [0.05, 0.1) is 7.11 Å². The highest BCUT2D eigenvalue weighted by Gasteiger charge is 2.31. The van der Waals surface area contributed by atoms with Crippen LogP contribution in [0.5, 0.6) is 5.75 Å². The van der Waals surface area contributed by atoms with E-state index in [4.69, 9.17) is 9.15 Å². The first kappa shape index (κ1) is 21.2. The van der Waals surface area contributed by atoms with Gasteiger partial charge in [-0.1, -0.05) is 30.3 Å². The largest absolute Gasteiger partial charge is 0.497 e. The minimum Gasteiger partial charge on any atom is -0.497 e. The molecule has 1 aliphatic heterocycles. The van der Waals surface area contributed by atoms with Crippen molar-refractivity contribution in [1.29, 1.82) is 0 Å². The summed E-state index contributed by atoms with van der Waals surface area (Å²) in [5.41, 5.74) is 2.97. The number of methoxy groups -OCH3 is 1. The smallest absolute Gasteiger partial charge is 0.247 e. The van der Waals surface area contributed by atoms with Crippen molar-refractivity contribution in [2.45, 2.75) is 6.04 Å². The molecule has 3 aromatic carbocycles. The maximum absolute atomic E-state index is 13.6. The van der Waals surface area contributed by atoms with E-state index < -0.39 is 0 Å². The van der Waals surface area contributed by atoms with Crippen molar-refractivity contribution in [3.05, 3.63) is 96.1 Å². The third kappa shape index (κ3) is 4.59. The van der Waals surface area contributed by atoms with Gasteiger partial charge in [-0.2, -0.15) is 0 Å². The minimum absolute atomic E-state index is 0.242. The van der Waals surface area contributed by atoms with Gasteiger partial charge in [0.1, 0.15) is 17.6 Å². The molecule has 5 rings (SSSR count). The zero-order valence-corrected chi connectivity index (χ0v) is 18.4. The van der Waals surface area contributed by atoms with Crippen LogP contribution in [-0.4, -0.2) is 48.4 Å². The second kappa shape index (κ2) is 9.42. The quantitative estimate of drug-likeness (QED) is 0.426. The minimum atomic E-state index is -0.266. The standard InChI is InChI=1S/C26H25FN4O2/c1-32-23-13-11-22(12-14-23)30-15-17-31(18-16-30)24(19-7-9-21(27)10-8-19)26-29-28-25(33-26)20-5-3-2-4-6-20/h2-14,24H,15-18H2,1H3/t24-/m0/s1. The van der Waals surface area contributed by atoms with Gasteiger partial charge in [0, 0.05) is 37.4 Å². The number of rotatable bonds is 6. The number of anilines is 1. The van der Waals surface area contributed by atoms with Gasteiger partial charge in [-0.3, -0.25) is 4.90 Å². The molecule has 1 aliphatic rings. The molecule has 0 saturated carbocycles. The van der Waals surface area contributed by atoms with Gasteiger partial charge in [-0.05, 0) is 54.1 Å². The maximum atomic E-state index is 13.6. The Balaban J connectivity index is 1.39. The van der Waals surface area contributed by atoms with Gasteiger partial charge < -0.3 is 14.1 Å². The molecule has 1 aromatic heterocycles. The molecule has 168 valence electrons. The van der Waals surface area contributed by atoms with E-state index in [1.165, 1.54) is 12.1 Å². The molecule has 0 aliphatic carbocycles. The molecule has 0 radical (unpaired) electrons. The average molecular weight is 445 g/mol. The molecule has 0 unspecified atom stereocenters. The Morgan fingerprint density at radius 1 is 0.848 bits per heavy atom. The molecule has 4 aromatic rings. The highest BCUT2D eigenvalue weighted by Crippen LogP contribution is 2.32. The van der Waals surface area contributed by atoms with E-state index in [1.54, 1.807) is 19.2 Å². The normalized spacial score (nSPS) is 15.4. The van der Waals surface area contributed by atoms with E-state index in [9.17, 15) is 4.39 Å². The first-order chi connectivity index (χ1) is 16.2. The predicted octanol–water partition coefficient (Wildman–Crippen LogP) is 4.80. The molecular formula is C26H25FN4O2. The van der Waals surface area contributed by atoms with E-state index in [0.29, 0.717) is 11.8 Å². The molecule has 0 spiro atoms. The Hall–Kier alpha value is -3.71. The van der Waals surface area contributed by atoms with Crippen LogP contribution in [0.3, 0.4) is 0 Å². The molecule has 6 nitrogen and oxygen atoms in total. The van der Waals surface area contributed by atoms with Crippen LogP contribution in [0.25, 0.3) is 11.5 Å². The van der Waals surface area contributed by atoms with E-state index >= 15 is 0 Å². The molecule has 1 atom stereocenters. The monoisotopic (exact) mass is 444 g/mol. The van der Waals surface area contributed by atoms with Crippen molar-refractivity contribution in [3.63, 3.8) is 0 Å². The van der Waals surface area contributed by atoms with Crippen LogP contribution in [0.4, 0.5) is 10.1 Å². The van der Waals surface area contributed by atoms with E-state index in [1.807, 2.05) is 42.5 Å². The molecule has 1 saturated heterocycles. The highest BCUT2D eigenvalue weighted by molar-refractivity contribution is 5.52. The Morgan fingerprint density at radius 2 is 1.55 bits per heavy atom. The molecule has 1 fully saturated rings. The lowest BCUT2D eigenvalue weighted by atomic mass is 10.0. The molecular weight excluding hydrogens is 419 g/mol. The predicted molar refractivity (Wildman–Crippen MR) is 125 cm³/mol. The Bertz CT molecular complexity index is 1170. The van der Waals surface area contributed by atoms with Crippen molar-refractivity contribution < 1.29 is 13.5 Å². The summed E-state index contributed by atoms with van der Waals surface area (Å²) in [6, 6.07) is 24.1. The van der Waals surface area contributed by atoms with Crippen molar-refractivity contribution in [2.75, 3.05) is 38.2 Å². The topological polar surface area (TPSA) is 54.6 Å². The first-order valence-electron chi connectivity index (χ1n) is 11.0. The average Bonchev–Trinajstić information content (AvgIpc) is 3.36. The summed E-state index contributed by atoms with van der Waals surface area (Å²) in [4.78, 5) is 4.66. The molecule has 2 heterocycles. The molecule has 0 N–H and O–H groups in total. The van der Waals surface area contributed by atoms with Crippen LogP contribution in [0.1, 0.15) is 17.5 Å². The van der Waals surface area contributed by atoms with Crippen molar-refractivity contribution in [1.82, 2.24) is 15.1 Å². The van der Waals surface area contributed by atoms with E-state index in [-0.39, 0.29) is 11.9 Å². The zero-order valence-electron chi connectivity index (χ0n) is 18.4. The number of nitrogens with zero attached hydrogens (tertiary/aromatic N) is 4. The van der Waals surface area contributed by atoms with Crippen LogP contribution in [0, 0.1) is 5.82 Å². The zero-order chi connectivity index (χ0) is 22.6. The lowest BCUT2D eigenvalue weighted by molar-refractivity contribution is 0.188. The van der Waals surface area contributed by atoms with Crippen molar-refractivity contribution in [2.24, 2.45) is 0 Å². The Labute approximate surface area is 192 Å². The third-order valence-electron chi connectivity index (χ3n) is 6.00. The van der Waals surface area contributed by atoms with E-state index in [0.717, 1.165) is 48.7 Å². The summed E-state index contributed by atoms with van der Waals surface area (Å²) in [5, 5.41) is 8.67. The highest BCUT2D eigenvalue weighted by atomic mass is 19.1.